The van der Waals surface area contributed by atoms with Crippen LogP contribution in [0.4, 0.5) is 0 Å². The number of carboxylic acids is 1. The first-order chi connectivity index (χ1) is 10.8. The molecule has 2 unspecified atom stereocenters. The number of carboxylic acid groups (broad SMARTS) is 1. The van der Waals surface area contributed by atoms with E-state index in [1.165, 1.54) is 0 Å². The number of amides is 1. The van der Waals surface area contributed by atoms with E-state index in [4.69, 9.17) is 4.74 Å². The topological polar surface area (TPSA) is 66.8 Å². The van der Waals surface area contributed by atoms with E-state index < -0.39 is 11.4 Å². The second kappa shape index (κ2) is 6.60. The Morgan fingerprint density at radius 1 is 1.26 bits per heavy atom. The third-order valence-electron chi connectivity index (χ3n) is 4.86. The van der Waals surface area contributed by atoms with Gasteiger partial charge in [0, 0.05) is 13.1 Å². The van der Waals surface area contributed by atoms with Gasteiger partial charge in [0.2, 0.25) is 5.91 Å². The summed E-state index contributed by atoms with van der Waals surface area (Å²) in [6.07, 6.45) is 0.515. The van der Waals surface area contributed by atoms with E-state index >= 15 is 0 Å². The lowest BCUT2D eigenvalue weighted by molar-refractivity contribution is -0.149. The molecule has 1 saturated heterocycles. The first-order valence-corrected chi connectivity index (χ1v) is 7.94. The number of ether oxygens (including phenoxy) is 1. The van der Waals surface area contributed by atoms with Crippen molar-refractivity contribution < 1.29 is 19.4 Å². The molecule has 126 valence electrons. The summed E-state index contributed by atoms with van der Waals surface area (Å²) in [6.45, 7) is 6.71. The highest BCUT2D eigenvalue weighted by Gasteiger charge is 2.39. The molecule has 1 aliphatic heterocycles. The Balaban J connectivity index is 2.13. The molecule has 0 spiro atoms. The molecule has 1 aromatic rings. The molecular weight excluding hydrogens is 294 g/mol. The van der Waals surface area contributed by atoms with Crippen LogP contribution >= 0.6 is 0 Å². The lowest BCUT2D eigenvalue weighted by Crippen LogP contribution is -2.50. The number of rotatable bonds is 4. The zero-order valence-electron chi connectivity index (χ0n) is 14.2. The highest BCUT2D eigenvalue weighted by Crippen LogP contribution is 2.31. The standard InChI is InChI=1S/C18H25NO4/c1-12-11-19(10-9-15(12)16(20)21)17(22)18(2,3)13-5-7-14(23-4)8-6-13/h5-8,12,15H,9-11H2,1-4H3,(H,20,21). The molecule has 2 rings (SSSR count). The summed E-state index contributed by atoms with van der Waals surface area (Å²) in [5, 5.41) is 9.21. The maximum Gasteiger partial charge on any atom is 0.306 e. The Morgan fingerprint density at radius 3 is 2.35 bits per heavy atom. The van der Waals surface area contributed by atoms with E-state index in [1.54, 1.807) is 12.0 Å². The number of carbonyl (C=O) groups is 2. The third-order valence-corrected chi connectivity index (χ3v) is 4.86. The van der Waals surface area contributed by atoms with Crippen molar-refractivity contribution in [3.8, 4) is 5.75 Å². The summed E-state index contributed by atoms with van der Waals surface area (Å²) in [6, 6.07) is 7.52. The Labute approximate surface area is 137 Å². The molecule has 1 fully saturated rings. The molecule has 0 aliphatic carbocycles. The van der Waals surface area contributed by atoms with E-state index in [1.807, 2.05) is 45.0 Å². The van der Waals surface area contributed by atoms with Crippen molar-refractivity contribution in [3.63, 3.8) is 0 Å². The van der Waals surface area contributed by atoms with Gasteiger partial charge in [-0.1, -0.05) is 19.1 Å². The third kappa shape index (κ3) is 3.49. The average molecular weight is 319 g/mol. The SMILES string of the molecule is COc1ccc(C(C)(C)C(=O)N2CCC(C(=O)O)C(C)C2)cc1. The van der Waals surface area contributed by atoms with Gasteiger partial charge in [-0.15, -0.1) is 0 Å². The maximum atomic E-state index is 12.9. The summed E-state index contributed by atoms with van der Waals surface area (Å²) in [5.74, 6) is -0.356. The van der Waals surface area contributed by atoms with Crippen LogP contribution < -0.4 is 4.74 Å². The fourth-order valence-corrected chi connectivity index (χ4v) is 3.22. The second-order valence-corrected chi connectivity index (χ2v) is 6.82. The molecule has 1 heterocycles. The molecule has 1 aromatic carbocycles. The molecule has 0 radical (unpaired) electrons. The van der Waals surface area contributed by atoms with Crippen molar-refractivity contribution in [2.24, 2.45) is 11.8 Å². The van der Waals surface area contributed by atoms with E-state index in [9.17, 15) is 14.7 Å². The number of carbonyl (C=O) groups excluding carboxylic acids is 1. The second-order valence-electron chi connectivity index (χ2n) is 6.82. The van der Waals surface area contributed by atoms with Gasteiger partial charge in [0.05, 0.1) is 18.4 Å². The van der Waals surface area contributed by atoms with Gasteiger partial charge in [-0.25, -0.2) is 0 Å². The van der Waals surface area contributed by atoms with Gasteiger partial charge in [0.25, 0.3) is 0 Å². The van der Waals surface area contributed by atoms with Gasteiger partial charge in [-0.05, 0) is 43.9 Å². The van der Waals surface area contributed by atoms with Crippen molar-refractivity contribution in [2.75, 3.05) is 20.2 Å². The molecule has 0 bridgehead atoms. The fourth-order valence-electron chi connectivity index (χ4n) is 3.22. The predicted octanol–water partition coefficient (Wildman–Crippen LogP) is 2.54. The first kappa shape index (κ1) is 17.3. The molecule has 5 nitrogen and oxygen atoms in total. The summed E-state index contributed by atoms with van der Waals surface area (Å²) < 4.78 is 5.16. The molecule has 1 aliphatic rings. The minimum Gasteiger partial charge on any atom is -0.497 e. The van der Waals surface area contributed by atoms with Crippen molar-refractivity contribution in [2.45, 2.75) is 32.6 Å². The Kier molecular flexibility index (Phi) is 4.97. The van der Waals surface area contributed by atoms with E-state index in [-0.39, 0.29) is 17.7 Å². The Hall–Kier alpha value is -2.04. The van der Waals surface area contributed by atoms with Crippen LogP contribution in [0.3, 0.4) is 0 Å². The fraction of sp³-hybridized carbons (Fsp3) is 0.556. The number of nitrogens with zero attached hydrogens (tertiary/aromatic N) is 1. The van der Waals surface area contributed by atoms with Gasteiger partial charge in [0.15, 0.2) is 0 Å². The van der Waals surface area contributed by atoms with Crippen LogP contribution in [0.2, 0.25) is 0 Å². The summed E-state index contributed by atoms with van der Waals surface area (Å²) in [7, 11) is 1.61. The number of aliphatic carboxylic acids is 1. The van der Waals surface area contributed by atoms with Crippen LogP contribution in [0.15, 0.2) is 24.3 Å². The van der Waals surface area contributed by atoms with Crippen molar-refractivity contribution in [3.05, 3.63) is 29.8 Å². The number of hydrogen-bond acceptors (Lipinski definition) is 3. The molecule has 1 N–H and O–H groups in total. The van der Waals surface area contributed by atoms with Crippen LogP contribution in [-0.4, -0.2) is 42.1 Å². The smallest absolute Gasteiger partial charge is 0.306 e. The monoisotopic (exact) mass is 319 g/mol. The van der Waals surface area contributed by atoms with E-state index in [0.717, 1.165) is 11.3 Å². The van der Waals surface area contributed by atoms with Crippen LogP contribution in [-0.2, 0) is 15.0 Å². The molecule has 23 heavy (non-hydrogen) atoms. The summed E-state index contributed by atoms with van der Waals surface area (Å²) in [4.78, 5) is 25.9. The zero-order valence-corrected chi connectivity index (χ0v) is 14.2. The molecule has 0 saturated carbocycles. The van der Waals surface area contributed by atoms with Gasteiger partial charge in [-0.3, -0.25) is 9.59 Å². The quantitative estimate of drug-likeness (QED) is 0.926. The molecule has 0 aromatic heterocycles. The number of benzene rings is 1. The van der Waals surface area contributed by atoms with Crippen LogP contribution in [0.25, 0.3) is 0 Å². The minimum absolute atomic E-state index is 0.0307. The molecular formula is C18H25NO4. The lowest BCUT2D eigenvalue weighted by Gasteiger charge is -2.39. The van der Waals surface area contributed by atoms with Crippen LogP contribution in [0.1, 0.15) is 32.8 Å². The van der Waals surface area contributed by atoms with Gasteiger partial charge in [0.1, 0.15) is 5.75 Å². The van der Waals surface area contributed by atoms with E-state index in [2.05, 4.69) is 0 Å². The summed E-state index contributed by atoms with van der Waals surface area (Å²) >= 11 is 0. The minimum atomic E-state index is -0.765. The van der Waals surface area contributed by atoms with Gasteiger partial charge < -0.3 is 14.7 Å². The van der Waals surface area contributed by atoms with Crippen LogP contribution in [0, 0.1) is 11.8 Å². The number of hydrogen-bond donors (Lipinski definition) is 1. The first-order valence-electron chi connectivity index (χ1n) is 7.94. The largest absolute Gasteiger partial charge is 0.497 e. The highest BCUT2D eigenvalue weighted by molar-refractivity contribution is 5.87. The zero-order chi connectivity index (χ0) is 17.2. The van der Waals surface area contributed by atoms with Crippen molar-refractivity contribution in [1.82, 2.24) is 4.90 Å². The molecule has 5 heteroatoms. The van der Waals surface area contributed by atoms with Crippen molar-refractivity contribution in [1.29, 1.82) is 0 Å². The van der Waals surface area contributed by atoms with E-state index in [0.29, 0.717) is 19.5 Å². The van der Waals surface area contributed by atoms with Crippen LogP contribution in [0.5, 0.6) is 5.75 Å². The highest BCUT2D eigenvalue weighted by atomic mass is 16.5. The Morgan fingerprint density at radius 2 is 1.87 bits per heavy atom. The number of piperidine rings is 1. The molecule has 1 amide bonds. The predicted molar refractivity (Wildman–Crippen MR) is 87.5 cm³/mol. The molecule has 2 atom stereocenters. The number of likely N-dealkylation sites (tertiary alicyclic amines) is 1. The van der Waals surface area contributed by atoms with Gasteiger partial charge >= 0.3 is 5.97 Å². The normalized spacial score (nSPS) is 21.8. The lowest BCUT2D eigenvalue weighted by atomic mass is 9.81. The summed E-state index contributed by atoms with van der Waals surface area (Å²) in [5.41, 5.74) is 0.276. The average Bonchev–Trinajstić information content (AvgIpc) is 2.53. The van der Waals surface area contributed by atoms with Gasteiger partial charge in [-0.2, -0.15) is 0 Å². The number of methoxy groups -OCH3 is 1. The van der Waals surface area contributed by atoms with Crippen molar-refractivity contribution >= 4 is 11.9 Å². The Bertz CT molecular complexity index is 579. The maximum absolute atomic E-state index is 12.9.